The average molecular weight is 388 g/mol. The molecule has 1 fully saturated rings. The molecule has 7 heteroatoms. The molecule has 1 aliphatic heterocycles. The fourth-order valence-corrected chi connectivity index (χ4v) is 3.82. The SMILES string of the molecule is CCNC(=NCc1ccc(N2CCOC(C)C2)nc1)NCc1ccc(C)s1. The third kappa shape index (κ3) is 5.94. The molecule has 0 radical (unpaired) electrons. The van der Waals surface area contributed by atoms with Gasteiger partial charge in [0.15, 0.2) is 5.96 Å². The Bertz CT molecular complexity index is 743. The lowest BCUT2D eigenvalue weighted by atomic mass is 10.2. The Morgan fingerprint density at radius 1 is 1.33 bits per heavy atom. The van der Waals surface area contributed by atoms with Crippen molar-refractivity contribution in [3.05, 3.63) is 45.8 Å². The lowest BCUT2D eigenvalue weighted by Crippen LogP contribution is -2.41. The molecule has 1 aliphatic rings. The van der Waals surface area contributed by atoms with Crippen molar-refractivity contribution in [1.29, 1.82) is 0 Å². The Morgan fingerprint density at radius 2 is 2.22 bits per heavy atom. The average Bonchev–Trinajstić information content (AvgIpc) is 3.10. The molecule has 2 aromatic heterocycles. The summed E-state index contributed by atoms with van der Waals surface area (Å²) in [6, 6.07) is 8.50. The molecule has 3 heterocycles. The van der Waals surface area contributed by atoms with Crippen LogP contribution in [0, 0.1) is 6.92 Å². The summed E-state index contributed by atoms with van der Waals surface area (Å²) in [6.45, 7) is 11.1. The fourth-order valence-electron chi connectivity index (χ4n) is 2.99. The molecule has 1 saturated heterocycles. The van der Waals surface area contributed by atoms with E-state index in [0.29, 0.717) is 6.54 Å². The zero-order valence-corrected chi connectivity index (χ0v) is 17.2. The summed E-state index contributed by atoms with van der Waals surface area (Å²) in [7, 11) is 0. The van der Waals surface area contributed by atoms with E-state index in [9.17, 15) is 0 Å². The summed E-state index contributed by atoms with van der Waals surface area (Å²) < 4.78 is 5.60. The maximum Gasteiger partial charge on any atom is 0.191 e. The number of aliphatic imine (C=N–C) groups is 1. The van der Waals surface area contributed by atoms with E-state index in [1.54, 1.807) is 0 Å². The fraction of sp³-hybridized carbons (Fsp3) is 0.500. The van der Waals surface area contributed by atoms with E-state index in [4.69, 9.17) is 4.74 Å². The van der Waals surface area contributed by atoms with E-state index >= 15 is 0 Å². The van der Waals surface area contributed by atoms with Crippen LogP contribution >= 0.6 is 11.3 Å². The molecule has 1 atom stereocenters. The number of rotatable bonds is 6. The van der Waals surface area contributed by atoms with Crippen molar-refractivity contribution in [1.82, 2.24) is 15.6 Å². The first kappa shape index (κ1) is 19.6. The van der Waals surface area contributed by atoms with Crippen LogP contribution in [0.5, 0.6) is 0 Å². The monoisotopic (exact) mass is 387 g/mol. The van der Waals surface area contributed by atoms with Crippen molar-refractivity contribution in [3.63, 3.8) is 0 Å². The Hall–Kier alpha value is -2.12. The normalized spacial score (nSPS) is 17.8. The van der Waals surface area contributed by atoms with Crippen LogP contribution in [0.1, 0.15) is 29.2 Å². The number of hydrogen-bond donors (Lipinski definition) is 2. The van der Waals surface area contributed by atoms with Crippen molar-refractivity contribution in [2.45, 2.75) is 40.0 Å². The number of anilines is 1. The molecular weight excluding hydrogens is 358 g/mol. The maximum atomic E-state index is 5.60. The third-order valence-electron chi connectivity index (χ3n) is 4.36. The smallest absolute Gasteiger partial charge is 0.191 e. The van der Waals surface area contributed by atoms with Gasteiger partial charge in [0, 0.05) is 35.6 Å². The largest absolute Gasteiger partial charge is 0.375 e. The first-order valence-electron chi connectivity index (χ1n) is 9.53. The van der Waals surface area contributed by atoms with Crippen LogP contribution in [0.4, 0.5) is 5.82 Å². The molecule has 3 rings (SSSR count). The number of aryl methyl sites for hydroxylation is 1. The summed E-state index contributed by atoms with van der Waals surface area (Å²) in [5.74, 6) is 1.84. The van der Waals surface area contributed by atoms with Crippen LogP contribution < -0.4 is 15.5 Å². The van der Waals surface area contributed by atoms with Gasteiger partial charge in [-0.3, -0.25) is 0 Å². The van der Waals surface area contributed by atoms with Crippen molar-refractivity contribution in [2.75, 3.05) is 31.1 Å². The predicted molar refractivity (Wildman–Crippen MR) is 113 cm³/mol. The lowest BCUT2D eigenvalue weighted by Gasteiger charge is -2.32. The highest BCUT2D eigenvalue weighted by Crippen LogP contribution is 2.16. The van der Waals surface area contributed by atoms with Crippen LogP contribution in [-0.2, 0) is 17.8 Å². The van der Waals surface area contributed by atoms with Gasteiger partial charge in [-0.05, 0) is 44.5 Å². The van der Waals surface area contributed by atoms with Crippen molar-refractivity contribution < 1.29 is 4.74 Å². The number of nitrogens with one attached hydrogen (secondary N) is 2. The minimum absolute atomic E-state index is 0.255. The van der Waals surface area contributed by atoms with Gasteiger partial charge in [-0.15, -0.1) is 11.3 Å². The van der Waals surface area contributed by atoms with Gasteiger partial charge in [-0.2, -0.15) is 0 Å². The van der Waals surface area contributed by atoms with Crippen LogP contribution in [0.25, 0.3) is 0 Å². The molecule has 0 spiro atoms. The number of nitrogens with zero attached hydrogens (tertiary/aromatic N) is 3. The van der Waals surface area contributed by atoms with Crippen LogP contribution in [-0.4, -0.2) is 43.3 Å². The number of guanidine groups is 1. The highest BCUT2D eigenvalue weighted by atomic mass is 32.1. The van der Waals surface area contributed by atoms with Gasteiger partial charge in [0.25, 0.3) is 0 Å². The Labute approximate surface area is 165 Å². The number of morpholine rings is 1. The molecule has 146 valence electrons. The maximum absolute atomic E-state index is 5.60. The van der Waals surface area contributed by atoms with E-state index in [1.165, 1.54) is 9.75 Å². The quantitative estimate of drug-likeness (QED) is 0.589. The zero-order chi connectivity index (χ0) is 19.1. The summed E-state index contributed by atoms with van der Waals surface area (Å²) in [5, 5.41) is 6.69. The summed E-state index contributed by atoms with van der Waals surface area (Å²) in [4.78, 5) is 14.2. The molecule has 0 saturated carbocycles. The zero-order valence-electron chi connectivity index (χ0n) is 16.4. The van der Waals surface area contributed by atoms with E-state index < -0.39 is 0 Å². The summed E-state index contributed by atoms with van der Waals surface area (Å²) >= 11 is 1.81. The third-order valence-corrected chi connectivity index (χ3v) is 5.36. The second-order valence-corrected chi connectivity index (χ2v) is 8.09. The number of thiophene rings is 1. The molecule has 2 aromatic rings. The second kappa shape index (κ2) is 9.71. The first-order valence-corrected chi connectivity index (χ1v) is 10.3. The molecule has 0 amide bonds. The van der Waals surface area contributed by atoms with Gasteiger partial charge < -0.3 is 20.3 Å². The summed E-state index contributed by atoms with van der Waals surface area (Å²) in [5.41, 5.74) is 1.10. The van der Waals surface area contributed by atoms with Crippen LogP contribution in [0.15, 0.2) is 35.5 Å². The van der Waals surface area contributed by atoms with Crippen molar-refractivity contribution in [3.8, 4) is 0 Å². The first-order chi connectivity index (χ1) is 13.1. The standard InChI is InChI=1S/C20H29N5OS/c1-4-21-20(24-13-18-7-5-16(3)27-18)23-12-17-6-8-19(22-11-17)25-9-10-26-15(2)14-25/h5-8,11,15H,4,9-10,12-14H2,1-3H3,(H2,21,23,24). The minimum atomic E-state index is 0.255. The molecular formula is C20H29N5OS. The van der Waals surface area contributed by atoms with E-state index in [0.717, 1.165) is 50.1 Å². The predicted octanol–water partition coefficient (Wildman–Crippen LogP) is 2.93. The molecule has 27 heavy (non-hydrogen) atoms. The van der Waals surface area contributed by atoms with Crippen molar-refractivity contribution in [2.24, 2.45) is 4.99 Å². The Balaban J connectivity index is 1.56. The molecule has 0 bridgehead atoms. The number of pyridine rings is 1. The van der Waals surface area contributed by atoms with Crippen LogP contribution in [0.2, 0.25) is 0 Å². The topological polar surface area (TPSA) is 61.8 Å². The van der Waals surface area contributed by atoms with E-state index in [1.807, 2.05) is 17.5 Å². The number of hydrogen-bond acceptors (Lipinski definition) is 5. The van der Waals surface area contributed by atoms with Gasteiger partial charge in [0.05, 0.1) is 25.8 Å². The van der Waals surface area contributed by atoms with E-state index in [-0.39, 0.29) is 6.10 Å². The van der Waals surface area contributed by atoms with Gasteiger partial charge in [-0.25, -0.2) is 9.98 Å². The van der Waals surface area contributed by atoms with Crippen molar-refractivity contribution >= 4 is 23.1 Å². The second-order valence-electron chi connectivity index (χ2n) is 6.71. The van der Waals surface area contributed by atoms with Gasteiger partial charge in [0.1, 0.15) is 5.82 Å². The molecule has 2 N–H and O–H groups in total. The number of ether oxygens (including phenoxy) is 1. The highest BCUT2D eigenvalue weighted by molar-refractivity contribution is 7.11. The van der Waals surface area contributed by atoms with Gasteiger partial charge in [-0.1, -0.05) is 6.07 Å². The Morgan fingerprint density at radius 3 is 2.89 bits per heavy atom. The number of aromatic nitrogens is 1. The molecule has 0 aliphatic carbocycles. The molecule has 1 unspecified atom stereocenters. The van der Waals surface area contributed by atoms with E-state index in [2.05, 4.69) is 70.5 Å². The molecule has 6 nitrogen and oxygen atoms in total. The van der Waals surface area contributed by atoms with Gasteiger partial charge in [0.2, 0.25) is 0 Å². The minimum Gasteiger partial charge on any atom is -0.375 e. The van der Waals surface area contributed by atoms with Crippen LogP contribution in [0.3, 0.4) is 0 Å². The summed E-state index contributed by atoms with van der Waals surface area (Å²) in [6.07, 6.45) is 2.18. The Kier molecular flexibility index (Phi) is 7.06. The highest BCUT2D eigenvalue weighted by Gasteiger charge is 2.17. The lowest BCUT2D eigenvalue weighted by molar-refractivity contribution is 0.0529. The molecule has 0 aromatic carbocycles. The van der Waals surface area contributed by atoms with Gasteiger partial charge >= 0.3 is 0 Å².